The van der Waals surface area contributed by atoms with E-state index >= 15 is 0 Å². The second-order valence-electron chi connectivity index (χ2n) is 13.0. The lowest BCUT2D eigenvalue weighted by Crippen LogP contribution is -2.57. The number of hydrogen-bond acceptors (Lipinski definition) is 7. The van der Waals surface area contributed by atoms with Gasteiger partial charge in [-0.15, -0.1) is 0 Å². The number of nitrogens with zero attached hydrogens (tertiary/aromatic N) is 1. The summed E-state index contributed by atoms with van der Waals surface area (Å²) in [7, 11) is 3.31. The van der Waals surface area contributed by atoms with Gasteiger partial charge in [-0.1, -0.05) is 56.3 Å². The fourth-order valence-electron chi connectivity index (χ4n) is 6.63. The van der Waals surface area contributed by atoms with Gasteiger partial charge in [0, 0.05) is 25.4 Å². The fourth-order valence-corrected chi connectivity index (χ4v) is 6.63. The molecule has 4 bridgehead atoms. The number of rotatable bonds is 8. The minimum absolute atomic E-state index is 0.0350. The number of likely N-dealkylation sites (N-methyl/N-ethyl adjacent to an activating group) is 1. The molecule has 11 nitrogen and oxygen atoms in total. The number of carbonyl (C=O) groups excluding carboxylic acids is 4. The summed E-state index contributed by atoms with van der Waals surface area (Å²) in [6.07, 6.45) is 0.518. The van der Waals surface area contributed by atoms with Gasteiger partial charge in [0.25, 0.3) is 5.91 Å². The molecular weight excluding hydrogens is 588 g/mol. The number of nitrogens with one attached hydrogen (secondary N) is 3. The first-order chi connectivity index (χ1) is 22.1. The van der Waals surface area contributed by atoms with E-state index < -0.39 is 36.2 Å². The van der Waals surface area contributed by atoms with Gasteiger partial charge >= 0.3 is 0 Å². The van der Waals surface area contributed by atoms with Crippen molar-refractivity contribution in [2.45, 2.75) is 88.9 Å². The number of amides is 4. The first-order valence-corrected chi connectivity index (χ1v) is 16.2. The van der Waals surface area contributed by atoms with Crippen molar-refractivity contribution in [3.05, 3.63) is 65.7 Å². The summed E-state index contributed by atoms with van der Waals surface area (Å²) in [5.41, 5.74) is 1.74. The van der Waals surface area contributed by atoms with E-state index in [4.69, 9.17) is 14.2 Å². The molecule has 4 amide bonds. The van der Waals surface area contributed by atoms with Gasteiger partial charge in [0.15, 0.2) is 6.10 Å². The Labute approximate surface area is 270 Å². The van der Waals surface area contributed by atoms with Crippen molar-refractivity contribution < 1.29 is 33.4 Å². The molecule has 2 aliphatic heterocycles. The van der Waals surface area contributed by atoms with Crippen molar-refractivity contribution in [3.63, 3.8) is 0 Å². The van der Waals surface area contributed by atoms with E-state index in [-0.39, 0.29) is 55.2 Å². The van der Waals surface area contributed by atoms with E-state index in [0.29, 0.717) is 31.4 Å². The van der Waals surface area contributed by atoms with E-state index in [2.05, 4.69) is 16.0 Å². The van der Waals surface area contributed by atoms with Crippen molar-refractivity contribution in [2.75, 3.05) is 20.8 Å². The minimum Gasteiger partial charge on any atom is -0.497 e. The average Bonchev–Trinajstić information content (AvgIpc) is 3.70. The second-order valence-corrected chi connectivity index (χ2v) is 13.0. The molecule has 1 saturated carbocycles. The van der Waals surface area contributed by atoms with Crippen molar-refractivity contribution in [3.8, 4) is 5.75 Å². The van der Waals surface area contributed by atoms with Crippen LogP contribution >= 0.6 is 0 Å². The summed E-state index contributed by atoms with van der Waals surface area (Å²) in [6, 6.07) is 14.4. The first kappa shape index (κ1) is 33.4. The smallest absolute Gasteiger partial charge is 0.252 e. The topological polar surface area (TPSA) is 135 Å². The largest absolute Gasteiger partial charge is 0.497 e. The molecule has 1 aliphatic carbocycles. The lowest BCUT2D eigenvalue weighted by Gasteiger charge is -2.31. The first-order valence-electron chi connectivity index (χ1n) is 16.2. The minimum atomic E-state index is -1.08. The molecule has 46 heavy (non-hydrogen) atoms. The zero-order valence-electron chi connectivity index (χ0n) is 27.1. The van der Waals surface area contributed by atoms with Crippen molar-refractivity contribution >= 4 is 23.6 Å². The summed E-state index contributed by atoms with van der Waals surface area (Å²) in [5.74, 6) is -0.749. The third-order valence-electron chi connectivity index (χ3n) is 9.25. The number of ether oxygens (including phenoxy) is 3. The quantitative estimate of drug-likeness (QED) is 0.406. The third-order valence-corrected chi connectivity index (χ3v) is 9.25. The SMILES string of the molecule is COc1ccc(C[C@H]2NC(=O)[C@@H]3OC[C@H](NC(=O)[C@@H](CC(C)C)NC(=O)[C@@H]4CC[C@@H](C4)N(C)C2=O)[C@H]3OCc2ccccc2)cc1. The van der Waals surface area contributed by atoms with Crippen molar-refractivity contribution in [1.29, 1.82) is 0 Å². The van der Waals surface area contributed by atoms with Crippen LogP contribution in [0.4, 0.5) is 0 Å². The summed E-state index contributed by atoms with van der Waals surface area (Å²) >= 11 is 0. The summed E-state index contributed by atoms with van der Waals surface area (Å²) in [4.78, 5) is 56.8. The highest BCUT2D eigenvalue weighted by Crippen LogP contribution is 2.30. The Morgan fingerprint density at radius 3 is 2.28 bits per heavy atom. The maximum absolute atomic E-state index is 14.1. The molecule has 0 aromatic heterocycles. The number of hydrogen-bond donors (Lipinski definition) is 3. The molecule has 2 aromatic carbocycles. The Balaban J connectivity index is 1.45. The molecule has 0 unspecified atom stereocenters. The highest BCUT2D eigenvalue weighted by molar-refractivity contribution is 5.91. The maximum Gasteiger partial charge on any atom is 0.252 e. The molecule has 2 aromatic rings. The summed E-state index contributed by atoms with van der Waals surface area (Å²) in [6.45, 7) is 4.22. The second kappa shape index (κ2) is 15.1. The van der Waals surface area contributed by atoms with Crippen molar-refractivity contribution in [2.24, 2.45) is 11.8 Å². The van der Waals surface area contributed by atoms with E-state index in [0.717, 1.165) is 11.1 Å². The van der Waals surface area contributed by atoms with Gasteiger partial charge in [-0.25, -0.2) is 0 Å². The van der Waals surface area contributed by atoms with Crippen LogP contribution in [0.1, 0.15) is 50.7 Å². The Hall–Kier alpha value is -3.96. The van der Waals surface area contributed by atoms with E-state index in [9.17, 15) is 19.2 Å². The van der Waals surface area contributed by atoms with Gasteiger partial charge in [0.2, 0.25) is 17.7 Å². The summed E-state index contributed by atoms with van der Waals surface area (Å²) in [5, 5.41) is 8.99. The molecule has 3 N–H and O–H groups in total. The number of methoxy groups -OCH3 is 1. The molecule has 11 heteroatoms. The van der Waals surface area contributed by atoms with Crippen LogP contribution in [0.3, 0.4) is 0 Å². The van der Waals surface area contributed by atoms with Crippen LogP contribution in [0.2, 0.25) is 0 Å². The Bertz CT molecular complexity index is 1370. The van der Waals surface area contributed by atoms with Gasteiger partial charge in [-0.3, -0.25) is 19.2 Å². The summed E-state index contributed by atoms with van der Waals surface area (Å²) < 4.78 is 17.6. The molecular formula is C35H46N4O7. The highest BCUT2D eigenvalue weighted by atomic mass is 16.6. The average molecular weight is 635 g/mol. The predicted octanol–water partition coefficient (Wildman–Crippen LogP) is 2.36. The Morgan fingerprint density at radius 2 is 1.59 bits per heavy atom. The van der Waals surface area contributed by atoms with E-state index in [1.54, 1.807) is 19.1 Å². The fraction of sp³-hybridized carbons (Fsp3) is 0.543. The lowest BCUT2D eigenvalue weighted by atomic mass is 9.99. The van der Waals surface area contributed by atoms with Gasteiger partial charge in [0.1, 0.15) is 23.9 Å². The van der Waals surface area contributed by atoms with Gasteiger partial charge in [-0.05, 0) is 54.9 Å². The zero-order chi connectivity index (χ0) is 32.8. The van der Waals surface area contributed by atoms with Gasteiger partial charge in [0.05, 0.1) is 26.4 Å². The molecule has 3 aliphatic rings. The lowest BCUT2D eigenvalue weighted by molar-refractivity contribution is -0.143. The van der Waals surface area contributed by atoms with Crippen LogP contribution in [-0.2, 0) is 41.7 Å². The van der Waals surface area contributed by atoms with Gasteiger partial charge in [-0.2, -0.15) is 0 Å². The molecule has 7 atom stereocenters. The molecule has 5 rings (SSSR count). The Morgan fingerprint density at radius 1 is 0.870 bits per heavy atom. The van der Waals surface area contributed by atoms with Crippen LogP contribution < -0.4 is 20.7 Å². The van der Waals surface area contributed by atoms with Crippen LogP contribution in [0.25, 0.3) is 0 Å². The normalized spacial score (nSPS) is 29.0. The number of carbonyl (C=O) groups is 4. The number of fused-ring (bicyclic) bond motifs is 4. The monoisotopic (exact) mass is 634 g/mol. The molecule has 0 radical (unpaired) electrons. The molecule has 2 saturated heterocycles. The van der Waals surface area contributed by atoms with Crippen LogP contribution in [0, 0.1) is 11.8 Å². The molecule has 3 fully saturated rings. The van der Waals surface area contributed by atoms with Crippen LogP contribution in [0.5, 0.6) is 5.75 Å². The van der Waals surface area contributed by atoms with Crippen LogP contribution in [0.15, 0.2) is 54.6 Å². The van der Waals surface area contributed by atoms with Crippen molar-refractivity contribution in [1.82, 2.24) is 20.9 Å². The molecule has 0 spiro atoms. The predicted molar refractivity (Wildman–Crippen MR) is 171 cm³/mol. The van der Waals surface area contributed by atoms with Crippen LogP contribution in [-0.4, -0.2) is 85.7 Å². The van der Waals surface area contributed by atoms with Gasteiger partial charge < -0.3 is 35.1 Å². The number of benzene rings is 2. The maximum atomic E-state index is 14.1. The molecule has 2 heterocycles. The highest BCUT2D eigenvalue weighted by Gasteiger charge is 2.46. The van der Waals surface area contributed by atoms with E-state index in [1.807, 2.05) is 68.4 Å². The standard InChI is InChI=1S/C35H46N4O7/c1-21(2)16-27-33(41)38-29-20-46-31(30(29)45-19-23-8-6-5-7-9-23)34(42)37-28(17-22-10-14-26(44-4)15-11-22)35(43)39(3)25-13-12-24(18-25)32(40)36-27/h5-11,14-15,21,24-25,27-31H,12-13,16-20H2,1-4H3,(H,36,40)(H,37,42)(H,38,41)/t24-,25+,27-,28-,29+,30-,31-/m1/s1. The third kappa shape index (κ3) is 8.06. The Kier molecular flexibility index (Phi) is 11.0. The molecule has 248 valence electrons. The van der Waals surface area contributed by atoms with E-state index in [1.165, 1.54) is 0 Å². The zero-order valence-corrected chi connectivity index (χ0v) is 27.1.